The van der Waals surface area contributed by atoms with E-state index in [9.17, 15) is 13.2 Å². The fourth-order valence-corrected chi connectivity index (χ4v) is 4.80. The molecule has 2 aromatic rings. The average Bonchev–Trinajstić information content (AvgIpc) is 3.23. The number of carbonyl (C=O) groups excluding carboxylic acids is 1. The number of nitrogens with one attached hydrogen (secondary N) is 1. The Morgan fingerprint density at radius 1 is 1.14 bits per heavy atom. The highest BCUT2D eigenvalue weighted by molar-refractivity contribution is 7.89. The molecule has 1 N–H and O–H groups in total. The largest absolute Gasteiger partial charge is 0.497 e. The van der Waals surface area contributed by atoms with Gasteiger partial charge >= 0.3 is 0 Å². The van der Waals surface area contributed by atoms with Crippen LogP contribution in [0.25, 0.3) is 0 Å². The third-order valence-electron chi connectivity index (χ3n) is 4.32. The third kappa shape index (κ3) is 4.76. The van der Waals surface area contributed by atoms with Crippen LogP contribution >= 0.6 is 11.6 Å². The number of carbonyl (C=O) groups is 1. The number of benzene rings is 2. The minimum absolute atomic E-state index is 0.0286. The molecule has 1 amide bonds. The van der Waals surface area contributed by atoms with Gasteiger partial charge in [0.15, 0.2) is 6.61 Å². The normalized spacial score (nSPS) is 14.6. The summed E-state index contributed by atoms with van der Waals surface area (Å²) in [5, 5.41) is 2.97. The number of nitrogens with zero attached hydrogens (tertiary/aromatic N) is 1. The first-order valence-electron chi connectivity index (χ1n) is 8.76. The Balaban J connectivity index is 1.70. The second-order valence-electron chi connectivity index (χ2n) is 6.27. The van der Waals surface area contributed by atoms with E-state index in [0.717, 1.165) is 12.8 Å². The number of rotatable bonds is 7. The topological polar surface area (TPSA) is 84.9 Å². The van der Waals surface area contributed by atoms with Gasteiger partial charge in [-0.15, -0.1) is 0 Å². The van der Waals surface area contributed by atoms with Crippen molar-refractivity contribution in [1.29, 1.82) is 0 Å². The summed E-state index contributed by atoms with van der Waals surface area (Å²) in [4.78, 5) is 12.1. The van der Waals surface area contributed by atoms with Crippen LogP contribution in [0.2, 0.25) is 5.02 Å². The van der Waals surface area contributed by atoms with Gasteiger partial charge in [0.1, 0.15) is 16.4 Å². The Bertz CT molecular complexity index is 941. The van der Waals surface area contributed by atoms with E-state index in [0.29, 0.717) is 24.5 Å². The van der Waals surface area contributed by atoms with Gasteiger partial charge in [0, 0.05) is 23.8 Å². The number of methoxy groups -OCH3 is 1. The van der Waals surface area contributed by atoms with Crippen molar-refractivity contribution >= 4 is 33.2 Å². The number of halogens is 1. The van der Waals surface area contributed by atoms with Crippen molar-refractivity contribution in [3.63, 3.8) is 0 Å². The van der Waals surface area contributed by atoms with Crippen LogP contribution in [0.1, 0.15) is 12.8 Å². The number of anilines is 1. The standard InChI is InChI=1S/C19H21ClN2O5S/c1-26-16-7-5-15(6-8-16)21-19(23)13-27-17-9-4-14(20)12-18(17)28(24,25)22-10-2-3-11-22/h4-9,12H,2-3,10-11,13H2,1H3,(H,21,23). The molecule has 0 spiro atoms. The summed E-state index contributed by atoms with van der Waals surface area (Å²) in [5.41, 5.74) is 0.579. The van der Waals surface area contributed by atoms with Crippen molar-refractivity contribution in [3.8, 4) is 11.5 Å². The molecule has 1 heterocycles. The molecule has 1 aliphatic rings. The molecule has 9 heteroatoms. The van der Waals surface area contributed by atoms with Crippen molar-refractivity contribution in [1.82, 2.24) is 4.31 Å². The van der Waals surface area contributed by atoms with E-state index in [-0.39, 0.29) is 22.3 Å². The first-order chi connectivity index (χ1) is 13.4. The summed E-state index contributed by atoms with van der Waals surface area (Å²) in [6.07, 6.45) is 1.64. The maximum Gasteiger partial charge on any atom is 0.262 e. The predicted molar refractivity (Wildman–Crippen MR) is 107 cm³/mol. The van der Waals surface area contributed by atoms with Gasteiger partial charge in [0.2, 0.25) is 10.0 Å². The highest BCUT2D eigenvalue weighted by atomic mass is 35.5. The molecule has 1 saturated heterocycles. The number of hydrogen-bond acceptors (Lipinski definition) is 5. The van der Waals surface area contributed by atoms with E-state index >= 15 is 0 Å². The number of sulfonamides is 1. The van der Waals surface area contributed by atoms with Gasteiger partial charge in [-0.05, 0) is 55.3 Å². The van der Waals surface area contributed by atoms with Crippen LogP contribution in [0.4, 0.5) is 5.69 Å². The number of hydrogen-bond donors (Lipinski definition) is 1. The van der Waals surface area contributed by atoms with Gasteiger partial charge < -0.3 is 14.8 Å². The van der Waals surface area contributed by atoms with E-state index < -0.39 is 15.9 Å². The predicted octanol–water partition coefficient (Wildman–Crippen LogP) is 3.15. The van der Waals surface area contributed by atoms with Crippen molar-refractivity contribution in [3.05, 3.63) is 47.5 Å². The molecule has 0 radical (unpaired) electrons. The van der Waals surface area contributed by atoms with E-state index in [1.807, 2.05) is 0 Å². The zero-order chi connectivity index (χ0) is 20.1. The fourth-order valence-electron chi connectivity index (χ4n) is 2.89. The van der Waals surface area contributed by atoms with Gasteiger partial charge in [0.25, 0.3) is 5.91 Å². The highest BCUT2D eigenvalue weighted by Crippen LogP contribution is 2.31. The SMILES string of the molecule is COc1ccc(NC(=O)COc2ccc(Cl)cc2S(=O)(=O)N2CCCC2)cc1. The van der Waals surface area contributed by atoms with Gasteiger partial charge in [-0.3, -0.25) is 4.79 Å². The highest BCUT2D eigenvalue weighted by Gasteiger charge is 2.30. The molecular weight excluding hydrogens is 404 g/mol. The Morgan fingerprint density at radius 3 is 2.46 bits per heavy atom. The summed E-state index contributed by atoms with van der Waals surface area (Å²) < 4.78 is 37.7. The molecule has 0 unspecified atom stereocenters. The summed E-state index contributed by atoms with van der Waals surface area (Å²) in [7, 11) is -2.17. The van der Waals surface area contributed by atoms with Gasteiger partial charge in [0.05, 0.1) is 7.11 Å². The third-order valence-corrected chi connectivity index (χ3v) is 6.48. The molecule has 0 aliphatic carbocycles. The van der Waals surface area contributed by atoms with Gasteiger partial charge in [-0.2, -0.15) is 4.31 Å². The maximum atomic E-state index is 12.9. The molecule has 0 atom stereocenters. The minimum Gasteiger partial charge on any atom is -0.497 e. The molecule has 1 aliphatic heterocycles. The smallest absolute Gasteiger partial charge is 0.262 e. The van der Waals surface area contributed by atoms with Crippen LogP contribution in [0.5, 0.6) is 11.5 Å². The Kier molecular flexibility index (Phi) is 6.43. The summed E-state index contributed by atoms with van der Waals surface area (Å²) in [5.74, 6) is 0.359. The van der Waals surface area contributed by atoms with Crippen LogP contribution in [0.3, 0.4) is 0 Å². The second kappa shape index (κ2) is 8.81. The molecule has 28 heavy (non-hydrogen) atoms. The van der Waals surface area contributed by atoms with Crippen LogP contribution < -0.4 is 14.8 Å². The molecule has 1 fully saturated rings. The first-order valence-corrected chi connectivity index (χ1v) is 10.6. The van der Waals surface area contributed by atoms with Crippen molar-refractivity contribution in [2.24, 2.45) is 0 Å². The lowest BCUT2D eigenvalue weighted by molar-refractivity contribution is -0.118. The molecule has 2 aromatic carbocycles. The zero-order valence-electron chi connectivity index (χ0n) is 15.4. The summed E-state index contributed by atoms with van der Waals surface area (Å²) in [6, 6.07) is 11.2. The molecule has 150 valence electrons. The van der Waals surface area contributed by atoms with Crippen molar-refractivity contribution in [2.75, 3.05) is 32.1 Å². The molecule has 7 nitrogen and oxygen atoms in total. The number of ether oxygens (including phenoxy) is 2. The van der Waals surface area contributed by atoms with Crippen LogP contribution in [0, 0.1) is 0 Å². The fraction of sp³-hybridized carbons (Fsp3) is 0.316. The minimum atomic E-state index is -3.73. The lowest BCUT2D eigenvalue weighted by atomic mass is 10.3. The average molecular weight is 425 g/mol. The van der Waals surface area contributed by atoms with Crippen LogP contribution in [0.15, 0.2) is 47.4 Å². The Morgan fingerprint density at radius 2 is 1.82 bits per heavy atom. The van der Waals surface area contributed by atoms with Crippen LogP contribution in [-0.2, 0) is 14.8 Å². The second-order valence-corrected chi connectivity index (χ2v) is 8.61. The molecule has 0 aromatic heterocycles. The van der Waals surface area contributed by atoms with E-state index in [1.165, 1.54) is 22.5 Å². The molecule has 0 saturated carbocycles. The lowest BCUT2D eigenvalue weighted by Crippen LogP contribution is -2.28. The van der Waals surface area contributed by atoms with E-state index in [1.54, 1.807) is 31.4 Å². The number of amides is 1. The quantitative estimate of drug-likeness (QED) is 0.738. The first kappa shape index (κ1) is 20.4. The van der Waals surface area contributed by atoms with E-state index in [2.05, 4.69) is 5.32 Å². The Hall–Kier alpha value is -2.29. The van der Waals surface area contributed by atoms with Crippen molar-refractivity contribution in [2.45, 2.75) is 17.7 Å². The molecule has 3 rings (SSSR count). The summed E-state index contributed by atoms with van der Waals surface area (Å²) >= 11 is 6.00. The van der Waals surface area contributed by atoms with Crippen molar-refractivity contribution < 1.29 is 22.7 Å². The lowest BCUT2D eigenvalue weighted by Gasteiger charge is -2.18. The Labute approximate surface area is 169 Å². The molecular formula is C19H21ClN2O5S. The van der Waals surface area contributed by atoms with Gasteiger partial charge in [-0.1, -0.05) is 11.6 Å². The maximum absolute atomic E-state index is 12.9. The van der Waals surface area contributed by atoms with E-state index in [4.69, 9.17) is 21.1 Å². The monoisotopic (exact) mass is 424 g/mol. The van der Waals surface area contributed by atoms with Gasteiger partial charge in [-0.25, -0.2) is 8.42 Å². The molecule has 0 bridgehead atoms. The zero-order valence-corrected chi connectivity index (χ0v) is 16.9. The summed E-state index contributed by atoms with van der Waals surface area (Å²) in [6.45, 7) is 0.592. The van der Waals surface area contributed by atoms with Crippen LogP contribution in [-0.4, -0.2) is 45.4 Å².